The number of pyridine rings is 1. The first-order chi connectivity index (χ1) is 19.9. The van der Waals surface area contributed by atoms with Crippen molar-refractivity contribution in [2.75, 3.05) is 17.2 Å². The summed E-state index contributed by atoms with van der Waals surface area (Å²) in [6, 6.07) is 15.3. The Bertz CT molecular complexity index is 1760. The van der Waals surface area contributed by atoms with Gasteiger partial charge in [0, 0.05) is 54.9 Å². The third-order valence-corrected chi connectivity index (χ3v) is 8.84. The molecule has 0 spiro atoms. The third kappa shape index (κ3) is 6.72. The number of anilines is 2. The minimum atomic E-state index is -4.02. The van der Waals surface area contributed by atoms with Gasteiger partial charge in [0.15, 0.2) is 5.13 Å². The van der Waals surface area contributed by atoms with Crippen LogP contribution in [0.25, 0.3) is 21.5 Å². The van der Waals surface area contributed by atoms with Crippen molar-refractivity contribution in [1.82, 2.24) is 19.5 Å². The fraction of sp³-hybridized carbons (Fsp3) is 0.241. The molecule has 1 aliphatic rings. The molecule has 0 radical (unpaired) electrons. The van der Waals surface area contributed by atoms with Gasteiger partial charge in [0.1, 0.15) is 10.6 Å². The molecule has 12 heteroatoms. The lowest BCUT2D eigenvalue weighted by atomic mass is 10.2. The van der Waals surface area contributed by atoms with Crippen LogP contribution in [0.3, 0.4) is 0 Å². The van der Waals surface area contributed by atoms with Crippen molar-refractivity contribution in [3.63, 3.8) is 0 Å². The van der Waals surface area contributed by atoms with Crippen LogP contribution in [0.15, 0.2) is 84.4 Å². The molecule has 6 rings (SSSR count). The quantitative estimate of drug-likeness (QED) is 0.143. The summed E-state index contributed by atoms with van der Waals surface area (Å²) in [6.07, 6.45) is 11.1. The van der Waals surface area contributed by atoms with E-state index in [9.17, 15) is 13.2 Å². The highest BCUT2D eigenvalue weighted by Gasteiger charge is 2.30. The predicted octanol–water partition coefficient (Wildman–Crippen LogP) is 5.56. The Hall–Kier alpha value is -4.29. The molecule has 1 amide bonds. The van der Waals surface area contributed by atoms with Crippen LogP contribution in [0.4, 0.5) is 10.8 Å². The molecule has 210 valence electrons. The summed E-state index contributed by atoms with van der Waals surface area (Å²) in [6.45, 7) is 1.61. The van der Waals surface area contributed by atoms with Gasteiger partial charge in [-0.25, -0.2) is 9.97 Å². The summed E-state index contributed by atoms with van der Waals surface area (Å²) >= 11 is 1.29. The number of carbonyl (C=O) groups is 1. The van der Waals surface area contributed by atoms with Crippen LogP contribution >= 0.6 is 11.3 Å². The second-order valence-electron chi connectivity index (χ2n) is 9.85. The number of fused-ring (bicyclic) bond motifs is 1. The van der Waals surface area contributed by atoms with Crippen LogP contribution < -0.4 is 14.8 Å². The predicted molar refractivity (Wildman–Crippen MR) is 158 cm³/mol. The average Bonchev–Trinajstić information content (AvgIpc) is 3.60. The lowest BCUT2D eigenvalue weighted by molar-refractivity contribution is -0.117. The highest BCUT2D eigenvalue weighted by atomic mass is 32.2. The van der Waals surface area contributed by atoms with Crippen molar-refractivity contribution < 1.29 is 17.4 Å². The van der Waals surface area contributed by atoms with E-state index in [4.69, 9.17) is 4.18 Å². The Kier molecular flexibility index (Phi) is 7.66. The topological polar surface area (TPSA) is 128 Å². The van der Waals surface area contributed by atoms with E-state index in [-0.39, 0.29) is 22.5 Å². The number of hydrogen-bond acceptors (Lipinski definition) is 9. The van der Waals surface area contributed by atoms with Crippen molar-refractivity contribution in [2.24, 2.45) is 5.92 Å². The summed E-state index contributed by atoms with van der Waals surface area (Å²) in [5.41, 5.74) is 3.40. The number of amides is 1. The Balaban J connectivity index is 0.981. The van der Waals surface area contributed by atoms with E-state index < -0.39 is 10.1 Å². The SMILES string of the molecule is O=C(Nc1nc2ccc(OS(=O)(=O)c3ccc(NCCCCn4cnc(-c5cccnc5)c4)cc3)cc2s1)C1CC1. The number of aromatic nitrogens is 4. The van der Waals surface area contributed by atoms with Gasteiger partial charge >= 0.3 is 10.1 Å². The van der Waals surface area contributed by atoms with Gasteiger partial charge in [-0.15, -0.1) is 0 Å². The van der Waals surface area contributed by atoms with Crippen molar-refractivity contribution in [2.45, 2.75) is 37.1 Å². The van der Waals surface area contributed by atoms with Crippen LogP contribution in [0, 0.1) is 5.92 Å². The zero-order valence-corrected chi connectivity index (χ0v) is 23.7. The van der Waals surface area contributed by atoms with E-state index >= 15 is 0 Å². The van der Waals surface area contributed by atoms with Gasteiger partial charge in [-0.2, -0.15) is 8.42 Å². The molecule has 1 fully saturated rings. The molecule has 2 N–H and O–H groups in total. The molecular weight excluding hydrogens is 560 g/mol. The Morgan fingerprint density at radius 3 is 2.73 bits per heavy atom. The fourth-order valence-corrected chi connectivity index (χ4v) is 6.10. The van der Waals surface area contributed by atoms with Crippen molar-refractivity contribution >= 4 is 48.4 Å². The maximum atomic E-state index is 12.9. The molecule has 3 aromatic heterocycles. The first-order valence-electron chi connectivity index (χ1n) is 13.3. The van der Waals surface area contributed by atoms with Crippen molar-refractivity contribution in [3.8, 4) is 17.0 Å². The maximum absolute atomic E-state index is 12.9. The molecule has 0 saturated heterocycles. The molecule has 41 heavy (non-hydrogen) atoms. The van der Waals surface area contributed by atoms with Crippen LogP contribution in [0.1, 0.15) is 25.7 Å². The first kappa shape index (κ1) is 26.9. The van der Waals surface area contributed by atoms with Gasteiger partial charge in [-0.1, -0.05) is 11.3 Å². The average molecular weight is 589 g/mol. The zero-order valence-electron chi connectivity index (χ0n) is 22.1. The largest absolute Gasteiger partial charge is 0.385 e. The highest BCUT2D eigenvalue weighted by molar-refractivity contribution is 7.87. The lowest BCUT2D eigenvalue weighted by Gasteiger charge is -2.09. The molecule has 10 nitrogen and oxygen atoms in total. The Morgan fingerprint density at radius 2 is 1.95 bits per heavy atom. The molecular formula is C29H28N6O4S2. The molecule has 0 bridgehead atoms. The minimum absolute atomic E-state index is 0.0220. The number of nitrogens with zero attached hydrogens (tertiary/aromatic N) is 4. The number of nitrogens with one attached hydrogen (secondary N) is 2. The normalized spacial score (nSPS) is 13.3. The van der Waals surface area contributed by atoms with Crippen LogP contribution in [-0.4, -0.2) is 40.4 Å². The fourth-order valence-electron chi connectivity index (χ4n) is 4.28. The standard InChI is InChI=1S/C29H28N6O4S2/c36-28(20-5-6-20)34-29-33-25-12-9-23(16-27(25)40-29)39-41(37,38)24-10-7-22(8-11-24)31-14-1-2-15-35-18-26(32-19-35)21-4-3-13-30-17-21/h3-4,7-13,16-20,31H,1-2,5-6,14-15H2,(H,33,34,36). The molecule has 0 atom stereocenters. The van der Waals surface area contributed by atoms with Crippen LogP contribution in [-0.2, 0) is 21.5 Å². The molecule has 3 heterocycles. The molecule has 1 aliphatic carbocycles. The highest BCUT2D eigenvalue weighted by Crippen LogP contribution is 2.34. The smallest absolute Gasteiger partial charge is 0.339 e. The van der Waals surface area contributed by atoms with E-state index in [0.29, 0.717) is 10.6 Å². The third-order valence-electron chi connectivity index (χ3n) is 6.65. The Morgan fingerprint density at radius 1 is 1.10 bits per heavy atom. The van der Waals surface area contributed by atoms with Gasteiger partial charge in [0.05, 0.1) is 22.2 Å². The molecule has 0 unspecified atom stereocenters. The summed E-state index contributed by atoms with van der Waals surface area (Å²) in [4.78, 5) is 25.1. The molecule has 1 saturated carbocycles. The number of carbonyl (C=O) groups excluding carboxylic acids is 1. The summed E-state index contributed by atoms with van der Waals surface area (Å²) in [7, 11) is -4.02. The first-order valence-corrected chi connectivity index (χ1v) is 15.6. The second kappa shape index (κ2) is 11.7. The number of hydrogen-bond donors (Lipinski definition) is 2. The number of aryl methyl sites for hydroxylation is 1. The van der Waals surface area contributed by atoms with Gasteiger partial charge < -0.3 is 19.4 Å². The van der Waals surface area contributed by atoms with E-state index in [0.717, 1.165) is 60.4 Å². The monoisotopic (exact) mass is 588 g/mol. The lowest BCUT2D eigenvalue weighted by Crippen LogP contribution is -2.12. The number of unbranched alkanes of at least 4 members (excludes halogenated alkanes) is 1. The van der Waals surface area contributed by atoms with Crippen molar-refractivity contribution in [3.05, 3.63) is 79.5 Å². The Labute approximate surface area is 241 Å². The second-order valence-corrected chi connectivity index (χ2v) is 12.4. The summed E-state index contributed by atoms with van der Waals surface area (Å²) in [5, 5.41) is 6.66. The van der Waals surface area contributed by atoms with Crippen LogP contribution in [0.5, 0.6) is 5.75 Å². The van der Waals surface area contributed by atoms with E-state index in [2.05, 4.69) is 30.2 Å². The number of rotatable bonds is 12. The van der Waals surface area contributed by atoms with Crippen molar-refractivity contribution in [1.29, 1.82) is 0 Å². The number of benzene rings is 2. The van der Waals surface area contributed by atoms with Gasteiger partial charge in [0.25, 0.3) is 0 Å². The van der Waals surface area contributed by atoms with E-state index in [1.165, 1.54) is 23.5 Å². The molecule has 2 aromatic carbocycles. The number of imidazole rings is 1. The summed E-state index contributed by atoms with van der Waals surface area (Å²) in [5.74, 6) is 0.244. The molecule has 0 aliphatic heterocycles. The van der Waals surface area contributed by atoms with Gasteiger partial charge in [-0.05, 0) is 74.2 Å². The summed E-state index contributed by atoms with van der Waals surface area (Å²) < 4.78 is 34.0. The maximum Gasteiger partial charge on any atom is 0.339 e. The zero-order chi connectivity index (χ0) is 28.2. The van der Waals surface area contributed by atoms with E-state index in [1.54, 1.807) is 42.7 Å². The minimum Gasteiger partial charge on any atom is -0.385 e. The van der Waals surface area contributed by atoms with Gasteiger partial charge in [-0.3, -0.25) is 9.78 Å². The van der Waals surface area contributed by atoms with Crippen LogP contribution in [0.2, 0.25) is 0 Å². The van der Waals surface area contributed by atoms with E-state index in [1.807, 2.05) is 24.7 Å². The molecule has 5 aromatic rings. The van der Waals surface area contributed by atoms with Gasteiger partial charge in [0.2, 0.25) is 5.91 Å². The number of thiazole rings is 1.